The van der Waals surface area contributed by atoms with Crippen LogP contribution in [0.4, 0.5) is 5.69 Å². The van der Waals surface area contributed by atoms with Gasteiger partial charge in [-0.15, -0.1) is 0 Å². The zero-order valence-electron chi connectivity index (χ0n) is 14.2. The van der Waals surface area contributed by atoms with E-state index in [9.17, 15) is 14.4 Å². The third kappa shape index (κ3) is 3.48. The highest BCUT2D eigenvalue weighted by molar-refractivity contribution is 5.93. The quantitative estimate of drug-likeness (QED) is 0.581. The van der Waals surface area contributed by atoms with Crippen LogP contribution in [0.1, 0.15) is 12.2 Å². The largest absolute Gasteiger partial charge is 0.464 e. The van der Waals surface area contributed by atoms with Gasteiger partial charge < -0.3 is 14.7 Å². The van der Waals surface area contributed by atoms with Crippen molar-refractivity contribution < 1.29 is 9.21 Å². The second-order valence-corrected chi connectivity index (χ2v) is 6.07. The predicted octanol–water partition coefficient (Wildman–Crippen LogP) is 2.60. The van der Waals surface area contributed by atoms with E-state index in [0.717, 1.165) is 0 Å². The lowest BCUT2D eigenvalue weighted by molar-refractivity contribution is -0.116. The molecule has 134 valence electrons. The minimum atomic E-state index is -0.245. The summed E-state index contributed by atoms with van der Waals surface area (Å²) in [4.78, 5) is 43.2. The van der Waals surface area contributed by atoms with Crippen LogP contribution in [-0.4, -0.2) is 15.9 Å². The number of rotatable bonds is 4. The van der Waals surface area contributed by atoms with Crippen LogP contribution in [0.5, 0.6) is 0 Å². The number of benzene rings is 2. The maximum atomic E-state index is 12.2. The number of para-hydroxylation sites is 1. The number of hydrogen-bond donors (Lipinski definition) is 2. The number of anilines is 1. The minimum Gasteiger partial charge on any atom is -0.464 e. The fraction of sp³-hybridized carbons (Fsp3) is 0.100. The minimum absolute atomic E-state index is 0.142. The summed E-state index contributed by atoms with van der Waals surface area (Å²) in [7, 11) is 0. The number of carbonyl (C=O) groups is 1. The van der Waals surface area contributed by atoms with Gasteiger partial charge in [-0.1, -0.05) is 12.1 Å². The van der Waals surface area contributed by atoms with Gasteiger partial charge in [0.05, 0.1) is 22.6 Å². The topological polar surface area (TPSA) is 105 Å². The lowest BCUT2D eigenvalue weighted by atomic mass is 10.2. The molecule has 0 saturated heterocycles. The number of nitrogens with one attached hydrogen (secondary N) is 2. The number of carbonyl (C=O) groups excluding carboxylic acids is 1. The maximum absolute atomic E-state index is 12.2. The molecule has 0 fully saturated rings. The second-order valence-electron chi connectivity index (χ2n) is 6.07. The molecule has 2 heterocycles. The summed E-state index contributed by atoms with van der Waals surface area (Å²) < 4.78 is 5.25. The van der Waals surface area contributed by atoms with Crippen molar-refractivity contribution in [2.45, 2.75) is 12.8 Å². The van der Waals surface area contributed by atoms with E-state index in [-0.39, 0.29) is 23.3 Å². The summed E-state index contributed by atoms with van der Waals surface area (Å²) in [5.41, 5.74) is 1.16. The first-order valence-corrected chi connectivity index (χ1v) is 8.39. The number of amides is 1. The zero-order valence-corrected chi connectivity index (χ0v) is 14.2. The molecule has 0 atom stereocenters. The van der Waals surface area contributed by atoms with Gasteiger partial charge in [0.15, 0.2) is 5.43 Å². The number of H-pyrrole nitrogens is 1. The highest BCUT2D eigenvalue weighted by Gasteiger charge is 2.08. The first-order chi connectivity index (χ1) is 13.1. The zero-order chi connectivity index (χ0) is 18.8. The molecule has 0 saturated carbocycles. The Hall–Kier alpha value is -3.74. The summed E-state index contributed by atoms with van der Waals surface area (Å²) in [5, 5.41) is 3.66. The summed E-state index contributed by atoms with van der Waals surface area (Å²) in [6.45, 7) is 0. The number of aromatic nitrogens is 2. The highest BCUT2D eigenvalue weighted by Crippen LogP contribution is 2.16. The van der Waals surface area contributed by atoms with Crippen LogP contribution in [0.25, 0.3) is 21.9 Å². The van der Waals surface area contributed by atoms with Crippen LogP contribution in [0.15, 0.2) is 68.8 Å². The van der Waals surface area contributed by atoms with Crippen molar-refractivity contribution in [3.8, 4) is 0 Å². The average Bonchev–Trinajstić information content (AvgIpc) is 2.67. The molecule has 7 nitrogen and oxygen atoms in total. The summed E-state index contributed by atoms with van der Waals surface area (Å²) >= 11 is 0. The van der Waals surface area contributed by atoms with Gasteiger partial charge in [-0.25, -0.2) is 4.98 Å². The number of fused-ring (bicyclic) bond motifs is 2. The van der Waals surface area contributed by atoms with E-state index < -0.39 is 0 Å². The Bertz CT molecular complexity index is 1270. The van der Waals surface area contributed by atoms with E-state index in [0.29, 0.717) is 39.8 Å². The van der Waals surface area contributed by atoms with Gasteiger partial charge >= 0.3 is 0 Å². The van der Waals surface area contributed by atoms with Crippen molar-refractivity contribution in [2.24, 2.45) is 0 Å². The predicted molar refractivity (Wildman–Crippen MR) is 102 cm³/mol. The Kier molecular flexibility index (Phi) is 4.25. The van der Waals surface area contributed by atoms with Gasteiger partial charge in [0.2, 0.25) is 5.91 Å². The fourth-order valence-corrected chi connectivity index (χ4v) is 2.87. The molecule has 7 heteroatoms. The molecular weight excluding hydrogens is 346 g/mol. The van der Waals surface area contributed by atoms with Crippen LogP contribution in [0, 0.1) is 0 Å². The van der Waals surface area contributed by atoms with Crippen molar-refractivity contribution in [1.82, 2.24) is 9.97 Å². The summed E-state index contributed by atoms with van der Waals surface area (Å²) in [6.07, 6.45) is 1.77. The molecule has 0 aliphatic rings. The van der Waals surface area contributed by atoms with Crippen molar-refractivity contribution in [3.05, 3.63) is 81.2 Å². The molecule has 0 bridgehead atoms. The van der Waals surface area contributed by atoms with E-state index >= 15 is 0 Å². The Balaban J connectivity index is 1.48. The first kappa shape index (κ1) is 16.7. The number of hydrogen-bond acceptors (Lipinski definition) is 5. The van der Waals surface area contributed by atoms with Crippen LogP contribution >= 0.6 is 0 Å². The van der Waals surface area contributed by atoms with Gasteiger partial charge in [0.1, 0.15) is 11.4 Å². The Morgan fingerprint density at radius 3 is 2.81 bits per heavy atom. The monoisotopic (exact) mass is 361 g/mol. The molecule has 1 amide bonds. The van der Waals surface area contributed by atoms with E-state index in [1.165, 1.54) is 12.3 Å². The molecule has 2 aromatic heterocycles. The number of aryl methyl sites for hydroxylation is 1. The molecule has 0 aliphatic carbocycles. The van der Waals surface area contributed by atoms with Crippen LogP contribution in [0.2, 0.25) is 0 Å². The molecule has 2 N–H and O–H groups in total. The molecule has 0 radical (unpaired) electrons. The molecule has 27 heavy (non-hydrogen) atoms. The SMILES string of the molecule is O=C(CCc1nc2ccccc2c(=O)[nH]1)Nc1ccc2occc(=O)c2c1. The molecule has 0 spiro atoms. The lowest BCUT2D eigenvalue weighted by Gasteiger charge is -2.06. The van der Waals surface area contributed by atoms with E-state index in [4.69, 9.17) is 4.42 Å². The van der Waals surface area contributed by atoms with Crippen molar-refractivity contribution in [3.63, 3.8) is 0 Å². The first-order valence-electron chi connectivity index (χ1n) is 8.39. The lowest BCUT2D eigenvalue weighted by Crippen LogP contribution is -2.16. The van der Waals surface area contributed by atoms with Gasteiger partial charge in [0, 0.05) is 24.6 Å². The Morgan fingerprint density at radius 2 is 1.93 bits per heavy atom. The van der Waals surface area contributed by atoms with E-state index in [1.54, 1.807) is 36.4 Å². The highest BCUT2D eigenvalue weighted by atomic mass is 16.3. The van der Waals surface area contributed by atoms with Crippen LogP contribution in [0.3, 0.4) is 0 Å². The molecule has 0 unspecified atom stereocenters. The second kappa shape index (κ2) is 6.87. The van der Waals surface area contributed by atoms with E-state index in [2.05, 4.69) is 15.3 Å². The number of aromatic amines is 1. The van der Waals surface area contributed by atoms with Gasteiger partial charge in [-0.3, -0.25) is 14.4 Å². The van der Waals surface area contributed by atoms with Crippen molar-refractivity contribution in [2.75, 3.05) is 5.32 Å². The molecule has 2 aromatic carbocycles. The average molecular weight is 361 g/mol. The summed E-state index contributed by atoms with van der Waals surface area (Å²) in [5.74, 6) is 0.207. The molecule has 4 aromatic rings. The normalized spacial score (nSPS) is 11.0. The maximum Gasteiger partial charge on any atom is 0.258 e. The molecule has 4 rings (SSSR count). The van der Waals surface area contributed by atoms with Crippen LogP contribution in [-0.2, 0) is 11.2 Å². The smallest absolute Gasteiger partial charge is 0.258 e. The Morgan fingerprint density at radius 1 is 1.07 bits per heavy atom. The third-order valence-electron chi connectivity index (χ3n) is 4.19. The molecular formula is C20H15N3O4. The van der Waals surface area contributed by atoms with Gasteiger partial charge in [-0.05, 0) is 30.3 Å². The third-order valence-corrected chi connectivity index (χ3v) is 4.19. The van der Waals surface area contributed by atoms with Crippen molar-refractivity contribution in [1.29, 1.82) is 0 Å². The number of nitrogens with zero attached hydrogens (tertiary/aromatic N) is 1. The van der Waals surface area contributed by atoms with Gasteiger partial charge in [0.25, 0.3) is 5.56 Å². The standard InChI is InChI=1S/C20H15N3O4/c24-16-9-10-27-17-6-5-12(11-14(16)17)21-19(25)8-7-18-22-15-4-2-1-3-13(15)20(26)23-18/h1-6,9-11H,7-8H2,(H,21,25)(H,22,23,26). The molecule has 0 aliphatic heterocycles. The Labute approximate surface area is 152 Å². The van der Waals surface area contributed by atoms with Crippen molar-refractivity contribution >= 4 is 33.5 Å². The van der Waals surface area contributed by atoms with Gasteiger partial charge in [-0.2, -0.15) is 0 Å². The fourth-order valence-electron chi connectivity index (χ4n) is 2.87. The van der Waals surface area contributed by atoms with E-state index in [1.807, 2.05) is 6.07 Å². The summed E-state index contributed by atoms with van der Waals surface area (Å²) in [6, 6.07) is 13.2. The van der Waals surface area contributed by atoms with Crippen LogP contribution < -0.4 is 16.3 Å².